The Bertz CT molecular complexity index is 715. The lowest BCUT2D eigenvalue weighted by molar-refractivity contribution is 0.837. The van der Waals surface area contributed by atoms with Crippen LogP contribution in [0.1, 0.15) is 12.7 Å². The van der Waals surface area contributed by atoms with Crippen molar-refractivity contribution in [3.8, 4) is 11.5 Å². The van der Waals surface area contributed by atoms with Crippen molar-refractivity contribution in [1.82, 2.24) is 25.4 Å². The summed E-state index contributed by atoms with van der Waals surface area (Å²) in [5.74, 6) is 0.665. The van der Waals surface area contributed by atoms with Crippen LogP contribution >= 0.6 is 12.6 Å². The third-order valence-corrected chi connectivity index (χ3v) is 2.56. The number of aromatic nitrogens is 5. The van der Waals surface area contributed by atoms with Crippen molar-refractivity contribution in [2.24, 2.45) is 4.99 Å². The molecule has 110 valence electrons. The van der Waals surface area contributed by atoms with Gasteiger partial charge in [-0.2, -0.15) is 0 Å². The van der Waals surface area contributed by atoms with Crippen molar-refractivity contribution >= 4 is 24.5 Å². The van der Waals surface area contributed by atoms with Crippen LogP contribution in [0.4, 0.5) is 0 Å². The Kier molecular flexibility index (Phi) is 5.67. The van der Waals surface area contributed by atoms with Gasteiger partial charge in [-0.25, -0.2) is 0 Å². The summed E-state index contributed by atoms with van der Waals surface area (Å²) in [6.07, 6.45) is 8.29. The first kappa shape index (κ1) is 15.7. The Morgan fingerprint density at radius 2 is 1.95 bits per heavy atom. The van der Waals surface area contributed by atoms with Crippen LogP contribution in [-0.4, -0.2) is 31.6 Å². The summed E-state index contributed by atoms with van der Waals surface area (Å²) >= 11 is 4.16. The van der Waals surface area contributed by atoms with Crippen molar-refractivity contribution in [2.45, 2.75) is 6.92 Å². The largest absolute Gasteiger partial charge is 0.253 e. The third kappa shape index (κ3) is 4.42. The van der Waals surface area contributed by atoms with E-state index in [1.807, 2.05) is 19.1 Å². The molecule has 22 heavy (non-hydrogen) atoms. The lowest BCUT2D eigenvalue weighted by Crippen LogP contribution is -2.02. The SMILES string of the molecule is C=C\C=C(/N=C\C=C(/C)S)c1nnc(-c2ccccn2)nn1. The molecule has 0 fully saturated rings. The van der Waals surface area contributed by atoms with E-state index < -0.39 is 0 Å². The number of hydrogen-bond acceptors (Lipinski definition) is 7. The van der Waals surface area contributed by atoms with Gasteiger partial charge < -0.3 is 0 Å². The van der Waals surface area contributed by atoms with Crippen LogP contribution in [-0.2, 0) is 0 Å². The minimum absolute atomic E-state index is 0.307. The number of allylic oxidation sites excluding steroid dienone is 4. The second-order valence-electron chi connectivity index (χ2n) is 4.14. The molecular formula is C15H14N6S. The molecule has 7 heteroatoms. The molecule has 0 radical (unpaired) electrons. The fraction of sp³-hybridized carbons (Fsp3) is 0.0667. The molecule has 2 aromatic rings. The smallest absolute Gasteiger partial charge is 0.221 e. The second kappa shape index (κ2) is 7.94. The van der Waals surface area contributed by atoms with Crippen LogP contribution in [0, 0.1) is 0 Å². The van der Waals surface area contributed by atoms with Crippen molar-refractivity contribution in [1.29, 1.82) is 0 Å². The molecule has 0 aliphatic rings. The Morgan fingerprint density at radius 3 is 2.55 bits per heavy atom. The predicted molar refractivity (Wildman–Crippen MR) is 90.3 cm³/mol. The van der Waals surface area contributed by atoms with Crippen molar-refractivity contribution in [3.05, 3.63) is 59.9 Å². The van der Waals surface area contributed by atoms with Gasteiger partial charge in [-0.15, -0.1) is 33.0 Å². The summed E-state index contributed by atoms with van der Waals surface area (Å²) in [5.41, 5.74) is 1.12. The molecule has 0 aromatic carbocycles. The maximum atomic E-state index is 4.25. The van der Waals surface area contributed by atoms with Gasteiger partial charge in [0.05, 0.1) is 0 Å². The number of pyridine rings is 1. The fourth-order valence-corrected chi connectivity index (χ4v) is 1.51. The van der Waals surface area contributed by atoms with Gasteiger partial charge in [-0.1, -0.05) is 18.7 Å². The molecule has 0 atom stereocenters. The summed E-state index contributed by atoms with van der Waals surface area (Å²) in [7, 11) is 0. The van der Waals surface area contributed by atoms with Gasteiger partial charge in [0.15, 0.2) is 0 Å². The molecular weight excluding hydrogens is 296 g/mol. The highest BCUT2D eigenvalue weighted by Gasteiger charge is 2.07. The molecule has 0 aliphatic heterocycles. The lowest BCUT2D eigenvalue weighted by atomic mass is 10.3. The molecule has 0 bridgehead atoms. The summed E-state index contributed by atoms with van der Waals surface area (Å²) in [4.78, 5) is 9.23. The standard InChI is InChI=1S/C15H14N6S/c1-3-6-12(17-10-8-11(2)22)14-18-20-15(21-19-14)13-7-4-5-9-16-13/h3-10,22H,1H2,2H3/b11-8+,12-6-,17-10-. The quantitative estimate of drug-likeness (QED) is 0.522. The Balaban J connectivity index is 2.27. The van der Waals surface area contributed by atoms with E-state index in [9.17, 15) is 0 Å². The molecule has 0 spiro atoms. The van der Waals surface area contributed by atoms with Gasteiger partial charge in [-0.3, -0.25) is 9.98 Å². The van der Waals surface area contributed by atoms with E-state index in [0.29, 0.717) is 23.0 Å². The van der Waals surface area contributed by atoms with E-state index in [1.54, 1.807) is 36.7 Å². The average Bonchev–Trinajstić information content (AvgIpc) is 2.55. The fourth-order valence-electron chi connectivity index (χ4n) is 1.44. The molecule has 0 N–H and O–H groups in total. The summed E-state index contributed by atoms with van der Waals surface area (Å²) in [6, 6.07) is 5.45. The van der Waals surface area contributed by atoms with Crippen molar-refractivity contribution in [3.63, 3.8) is 0 Å². The predicted octanol–water partition coefficient (Wildman–Crippen LogP) is 2.76. The zero-order valence-electron chi connectivity index (χ0n) is 12.0. The van der Waals surface area contributed by atoms with Crippen LogP contribution in [0.2, 0.25) is 0 Å². The topological polar surface area (TPSA) is 76.8 Å². The highest BCUT2D eigenvalue weighted by atomic mass is 32.1. The first-order chi connectivity index (χ1) is 10.7. The molecule has 0 saturated carbocycles. The van der Waals surface area contributed by atoms with E-state index in [-0.39, 0.29) is 0 Å². The zero-order chi connectivity index (χ0) is 15.8. The molecule has 6 nitrogen and oxygen atoms in total. The first-order valence-corrected chi connectivity index (χ1v) is 6.87. The Labute approximate surface area is 133 Å². The third-order valence-electron chi connectivity index (χ3n) is 2.41. The van der Waals surface area contributed by atoms with Crippen molar-refractivity contribution < 1.29 is 0 Å². The summed E-state index contributed by atoms with van der Waals surface area (Å²) < 4.78 is 0. The normalized spacial score (nSPS) is 12.6. The first-order valence-electron chi connectivity index (χ1n) is 6.42. The van der Waals surface area contributed by atoms with Crippen LogP contribution in [0.3, 0.4) is 0 Å². The molecule has 0 amide bonds. The van der Waals surface area contributed by atoms with E-state index in [2.05, 4.69) is 49.6 Å². The zero-order valence-corrected chi connectivity index (χ0v) is 12.9. The van der Waals surface area contributed by atoms with Gasteiger partial charge in [0.25, 0.3) is 0 Å². The second-order valence-corrected chi connectivity index (χ2v) is 4.84. The molecule has 2 rings (SSSR count). The number of nitrogens with zero attached hydrogens (tertiary/aromatic N) is 6. The summed E-state index contributed by atoms with van der Waals surface area (Å²) in [5, 5.41) is 16.1. The van der Waals surface area contributed by atoms with E-state index in [1.165, 1.54) is 0 Å². The Hall–Kier alpha value is -2.67. The van der Waals surface area contributed by atoms with Crippen LogP contribution in [0.5, 0.6) is 0 Å². The Morgan fingerprint density at radius 1 is 1.18 bits per heavy atom. The van der Waals surface area contributed by atoms with E-state index in [0.717, 1.165) is 4.91 Å². The van der Waals surface area contributed by atoms with Gasteiger partial charge in [-0.05, 0) is 36.1 Å². The maximum absolute atomic E-state index is 4.25. The molecule has 0 aliphatic carbocycles. The molecule has 2 heterocycles. The van der Waals surface area contributed by atoms with Crippen LogP contribution in [0.15, 0.2) is 59.1 Å². The van der Waals surface area contributed by atoms with Crippen LogP contribution in [0.25, 0.3) is 17.2 Å². The summed E-state index contributed by atoms with van der Waals surface area (Å²) in [6.45, 7) is 5.50. The number of hydrogen-bond donors (Lipinski definition) is 1. The van der Waals surface area contributed by atoms with E-state index in [4.69, 9.17) is 0 Å². The van der Waals surface area contributed by atoms with Gasteiger partial charge in [0.2, 0.25) is 11.6 Å². The maximum Gasteiger partial charge on any atom is 0.221 e. The minimum Gasteiger partial charge on any atom is -0.253 e. The number of aliphatic imine (C=N–C) groups is 1. The van der Waals surface area contributed by atoms with E-state index >= 15 is 0 Å². The van der Waals surface area contributed by atoms with Gasteiger partial charge in [0, 0.05) is 12.4 Å². The van der Waals surface area contributed by atoms with Gasteiger partial charge >= 0.3 is 0 Å². The highest BCUT2D eigenvalue weighted by molar-refractivity contribution is 7.84. The number of rotatable bonds is 5. The molecule has 2 aromatic heterocycles. The molecule has 0 unspecified atom stereocenters. The van der Waals surface area contributed by atoms with Crippen molar-refractivity contribution in [2.75, 3.05) is 0 Å². The van der Waals surface area contributed by atoms with Gasteiger partial charge in [0.1, 0.15) is 11.4 Å². The minimum atomic E-state index is 0.307. The monoisotopic (exact) mass is 310 g/mol. The highest BCUT2D eigenvalue weighted by Crippen LogP contribution is 2.12. The molecule has 0 saturated heterocycles. The van der Waals surface area contributed by atoms with Crippen LogP contribution < -0.4 is 0 Å². The lowest BCUT2D eigenvalue weighted by Gasteiger charge is -1.99. The number of thiol groups is 1. The average molecular weight is 310 g/mol.